The highest BCUT2D eigenvalue weighted by Gasteiger charge is 2.68. The molecule has 0 unspecified atom stereocenters. The Morgan fingerprint density at radius 2 is 1.85 bits per heavy atom. The van der Waals surface area contributed by atoms with E-state index in [-0.39, 0.29) is 5.41 Å². The molecule has 4 nitrogen and oxygen atoms in total. The van der Waals surface area contributed by atoms with Crippen molar-refractivity contribution in [2.75, 3.05) is 26.3 Å². The Hall–Kier alpha value is -0.420. The maximum atomic E-state index is 12.3. The molecule has 4 heteroatoms. The molecule has 4 aliphatic carbocycles. The lowest BCUT2D eigenvalue weighted by Crippen LogP contribution is -2.73. The summed E-state index contributed by atoms with van der Waals surface area (Å²) in [6.45, 7) is 3.80. The fraction of sp³-hybridized carbons (Fsp3) is 0.909. The zero-order valence-electron chi connectivity index (χ0n) is 16.0. The first-order chi connectivity index (χ1) is 12.6. The molecular weight excluding hydrogens is 326 g/mol. The van der Waals surface area contributed by atoms with Gasteiger partial charge in [-0.3, -0.25) is 4.90 Å². The van der Waals surface area contributed by atoms with E-state index >= 15 is 0 Å². The number of aliphatic hydroxyl groups is 1. The van der Waals surface area contributed by atoms with Crippen molar-refractivity contribution in [2.24, 2.45) is 11.3 Å². The summed E-state index contributed by atoms with van der Waals surface area (Å²) >= 11 is 0. The second-order valence-electron chi connectivity index (χ2n) is 9.99. The molecule has 6 aliphatic rings. The van der Waals surface area contributed by atoms with E-state index in [0.717, 1.165) is 57.8 Å². The number of hydrogen-bond acceptors (Lipinski definition) is 4. The molecule has 2 aliphatic heterocycles. The van der Waals surface area contributed by atoms with Crippen LogP contribution in [0.15, 0.2) is 11.1 Å². The standard InChI is InChI=1S/C22H33NO3/c24-22-8-7-21(25-11-12-26-21)15-20(22)9-10-23(14-16-5-6-16)19(22)13-17-3-1-2-4-18(17)20/h16,19,24H,1-15H2/t19-,20-,22-/m1/s1. The summed E-state index contributed by atoms with van der Waals surface area (Å²) in [5.74, 6) is 0.478. The first kappa shape index (κ1) is 16.5. The molecular formula is C22H33NO3. The number of hydrogen-bond donors (Lipinski definition) is 1. The Balaban J connectivity index is 1.44. The zero-order valence-corrected chi connectivity index (χ0v) is 16.0. The molecule has 4 fully saturated rings. The summed E-state index contributed by atoms with van der Waals surface area (Å²) in [5, 5.41) is 12.3. The number of likely N-dealkylation sites (tertiary alicyclic amines) is 1. The molecule has 3 atom stereocenters. The van der Waals surface area contributed by atoms with E-state index in [2.05, 4.69) is 4.90 Å². The van der Waals surface area contributed by atoms with Gasteiger partial charge in [0, 0.05) is 30.8 Å². The number of nitrogens with zero attached hydrogens (tertiary/aromatic N) is 1. The smallest absolute Gasteiger partial charge is 0.169 e. The maximum Gasteiger partial charge on any atom is 0.169 e. The highest BCUT2D eigenvalue weighted by Crippen LogP contribution is 2.65. The van der Waals surface area contributed by atoms with E-state index < -0.39 is 11.4 Å². The summed E-state index contributed by atoms with van der Waals surface area (Å²) in [4.78, 5) is 2.68. The minimum atomic E-state index is -0.573. The van der Waals surface area contributed by atoms with E-state index in [1.54, 1.807) is 11.1 Å². The van der Waals surface area contributed by atoms with E-state index in [1.807, 2.05) is 0 Å². The predicted molar refractivity (Wildman–Crippen MR) is 98.7 cm³/mol. The molecule has 6 rings (SSSR count). The second-order valence-corrected chi connectivity index (χ2v) is 9.99. The normalized spacial score (nSPS) is 44.9. The molecule has 1 N–H and O–H groups in total. The van der Waals surface area contributed by atoms with Gasteiger partial charge in [0.2, 0.25) is 0 Å². The lowest BCUT2D eigenvalue weighted by Gasteiger charge is -2.67. The van der Waals surface area contributed by atoms with Crippen LogP contribution < -0.4 is 0 Å². The van der Waals surface area contributed by atoms with E-state index in [9.17, 15) is 5.11 Å². The van der Waals surface area contributed by atoms with Gasteiger partial charge in [0.15, 0.2) is 5.79 Å². The largest absolute Gasteiger partial charge is 0.387 e. The lowest BCUT2D eigenvalue weighted by atomic mass is 9.47. The SMILES string of the molecule is O[C@@]12CCC3(C[C@@]14CCN(CC1CC1)[C@@H]2CC1=C4CCCC1)OCCO3. The van der Waals surface area contributed by atoms with Gasteiger partial charge in [-0.2, -0.15) is 0 Å². The van der Waals surface area contributed by atoms with Crippen molar-refractivity contribution in [3.8, 4) is 0 Å². The highest BCUT2D eigenvalue weighted by atomic mass is 16.7. The number of ether oxygens (including phenoxy) is 2. The van der Waals surface area contributed by atoms with Crippen LogP contribution in [0.4, 0.5) is 0 Å². The molecule has 0 aromatic heterocycles. The summed E-state index contributed by atoms with van der Waals surface area (Å²) in [7, 11) is 0. The van der Waals surface area contributed by atoms with Crippen LogP contribution in [0.2, 0.25) is 0 Å². The summed E-state index contributed by atoms with van der Waals surface area (Å²) < 4.78 is 12.3. The second kappa shape index (κ2) is 5.56. The first-order valence-electron chi connectivity index (χ1n) is 11.1. The average Bonchev–Trinajstić information content (AvgIpc) is 3.36. The van der Waals surface area contributed by atoms with Crippen molar-refractivity contribution in [1.29, 1.82) is 0 Å². The highest BCUT2D eigenvalue weighted by molar-refractivity contribution is 5.38. The van der Waals surface area contributed by atoms with Gasteiger partial charge in [0.1, 0.15) is 0 Å². The molecule has 0 radical (unpaired) electrons. The summed E-state index contributed by atoms with van der Waals surface area (Å²) in [6, 6.07) is 0.326. The lowest BCUT2D eigenvalue weighted by molar-refractivity contribution is -0.273. The minimum absolute atomic E-state index is 0.0890. The van der Waals surface area contributed by atoms with Crippen LogP contribution in [0.1, 0.15) is 70.6 Å². The van der Waals surface area contributed by atoms with Crippen LogP contribution in [-0.4, -0.2) is 53.7 Å². The maximum absolute atomic E-state index is 12.3. The van der Waals surface area contributed by atoms with Crippen LogP contribution in [0.5, 0.6) is 0 Å². The van der Waals surface area contributed by atoms with Gasteiger partial charge in [-0.1, -0.05) is 11.1 Å². The molecule has 144 valence electrons. The van der Waals surface area contributed by atoms with Gasteiger partial charge >= 0.3 is 0 Å². The van der Waals surface area contributed by atoms with Crippen molar-refractivity contribution in [3.05, 3.63) is 11.1 Å². The minimum Gasteiger partial charge on any atom is -0.387 e. The van der Waals surface area contributed by atoms with E-state index in [1.165, 1.54) is 45.1 Å². The van der Waals surface area contributed by atoms with Gasteiger partial charge in [0.05, 0.1) is 18.8 Å². The quantitative estimate of drug-likeness (QED) is 0.768. The molecule has 2 bridgehead atoms. The van der Waals surface area contributed by atoms with Crippen molar-refractivity contribution < 1.29 is 14.6 Å². The van der Waals surface area contributed by atoms with Crippen LogP contribution in [0, 0.1) is 11.3 Å². The van der Waals surface area contributed by atoms with Crippen molar-refractivity contribution >= 4 is 0 Å². The monoisotopic (exact) mass is 359 g/mol. The molecule has 0 aromatic carbocycles. The third-order valence-corrected chi connectivity index (χ3v) is 8.71. The number of piperidine rings is 1. The van der Waals surface area contributed by atoms with Crippen LogP contribution >= 0.6 is 0 Å². The third kappa shape index (κ3) is 2.16. The van der Waals surface area contributed by atoms with Crippen molar-refractivity contribution in [3.63, 3.8) is 0 Å². The first-order valence-corrected chi connectivity index (χ1v) is 11.1. The summed E-state index contributed by atoms with van der Waals surface area (Å²) in [5.41, 5.74) is 2.67. The Morgan fingerprint density at radius 1 is 1.04 bits per heavy atom. The van der Waals surface area contributed by atoms with Crippen molar-refractivity contribution in [2.45, 2.75) is 88.1 Å². The topological polar surface area (TPSA) is 41.9 Å². The molecule has 0 amide bonds. The van der Waals surface area contributed by atoms with E-state index in [4.69, 9.17) is 9.47 Å². The summed E-state index contributed by atoms with van der Waals surface area (Å²) in [6.07, 6.45) is 12.7. The van der Waals surface area contributed by atoms with Gasteiger partial charge in [0.25, 0.3) is 0 Å². The van der Waals surface area contributed by atoms with Crippen molar-refractivity contribution in [1.82, 2.24) is 4.90 Å². The Morgan fingerprint density at radius 3 is 2.65 bits per heavy atom. The van der Waals surface area contributed by atoms with Gasteiger partial charge in [-0.25, -0.2) is 0 Å². The van der Waals surface area contributed by atoms with Crippen LogP contribution in [-0.2, 0) is 9.47 Å². The fourth-order valence-corrected chi connectivity index (χ4v) is 7.32. The molecule has 2 saturated carbocycles. The molecule has 1 spiro atoms. The number of rotatable bonds is 2. The Labute approximate surface area is 156 Å². The molecule has 2 saturated heterocycles. The molecule has 26 heavy (non-hydrogen) atoms. The van der Waals surface area contributed by atoms with Gasteiger partial charge < -0.3 is 14.6 Å². The fourth-order valence-electron chi connectivity index (χ4n) is 7.32. The predicted octanol–water partition coefficient (Wildman–Crippen LogP) is 3.39. The van der Waals surface area contributed by atoms with Gasteiger partial charge in [-0.15, -0.1) is 0 Å². The Bertz CT molecular complexity index is 635. The third-order valence-electron chi connectivity index (χ3n) is 8.71. The van der Waals surface area contributed by atoms with Gasteiger partial charge in [-0.05, 0) is 70.3 Å². The van der Waals surface area contributed by atoms with E-state index in [0.29, 0.717) is 6.04 Å². The zero-order chi connectivity index (χ0) is 17.4. The van der Waals surface area contributed by atoms with Crippen LogP contribution in [0.3, 0.4) is 0 Å². The molecule has 0 aromatic rings. The van der Waals surface area contributed by atoms with Crippen LogP contribution in [0.25, 0.3) is 0 Å². The molecule has 2 heterocycles. The Kier molecular flexibility index (Phi) is 3.53. The average molecular weight is 360 g/mol.